The van der Waals surface area contributed by atoms with Crippen LogP contribution in [0.25, 0.3) is 6.08 Å². The maximum absolute atomic E-state index is 8.78. The molecule has 1 aliphatic heterocycles. The fourth-order valence-electron chi connectivity index (χ4n) is 1.40. The first-order valence-corrected chi connectivity index (χ1v) is 5.06. The van der Waals surface area contributed by atoms with Gasteiger partial charge in [-0.15, -0.1) is 0 Å². The number of carbonyl (C=O) groups is 1. The van der Waals surface area contributed by atoms with Crippen LogP contribution in [0.5, 0.6) is 5.75 Å². The van der Waals surface area contributed by atoms with Gasteiger partial charge in [0.15, 0.2) is 0 Å². The standard InChI is InChI=1S/C11H13NO.CH3NO2/c1-11(2)6-5-8-7-9(12)3-4-10(8)13-11;2-1(3)4/h3-7H,12H2,1-2H3;2H2,(H,3,4). The predicted octanol–water partition coefficient (Wildman–Crippen LogP) is 2.08. The Bertz CT molecular complexity index is 449. The Morgan fingerprint density at radius 2 is 2.00 bits per heavy atom. The third kappa shape index (κ3) is 4.06. The van der Waals surface area contributed by atoms with Gasteiger partial charge >= 0.3 is 6.09 Å². The molecule has 1 amide bonds. The van der Waals surface area contributed by atoms with E-state index in [4.69, 9.17) is 20.4 Å². The van der Waals surface area contributed by atoms with Crippen LogP contribution in [0.2, 0.25) is 0 Å². The van der Waals surface area contributed by atoms with Crippen molar-refractivity contribution in [3.63, 3.8) is 0 Å². The fraction of sp³-hybridized carbons (Fsp3) is 0.250. The van der Waals surface area contributed by atoms with E-state index in [1.807, 2.05) is 38.1 Å². The minimum atomic E-state index is -1.33. The lowest BCUT2D eigenvalue weighted by Gasteiger charge is -2.27. The molecule has 0 unspecified atom stereocenters. The van der Waals surface area contributed by atoms with Crippen molar-refractivity contribution in [2.75, 3.05) is 5.73 Å². The SMILES string of the molecule is CC1(C)C=Cc2cc(N)ccc2O1.NC(=O)O. The van der Waals surface area contributed by atoms with Gasteiger partial charge in [-0.25, -0.2) is 4.79 Å². The molecule has 1 aromatic rings. The lowest BCUT2D eigenvalue weighted by atomic mass is 10.0. The second-order valence-electron chi connectivity index (χ2n) is 4.17. The molecule has 5 N–H and O–H groups in total. The molecule has 0 atom stereocenters. The maximum atomic E-state index is 8.78. The first kappa shape index (κ1) is 12.9. The highest BCUT2D eigenvalue weighted by molar-refractivity contribution is 5.65. The highest BCUT2D eigenvalue weighted by Crippen LogP contribution is 2.31. The van der Waals surface area contributed by atoms with Crippen molar-refractivity contribution >= 4 is 17.9 Å². The predicted molar refractivity (Wildman–Crippen MR) is 66.8 cm³/mol. The third-order valence-electron chi connectivity index (χ3n) is 2.07. The normalized spacial score (nSPS) is 14.9. The molecular formula is C12H16N2O3. The van der Waals surface area contributed by atoms with Crippen LogP contribution in [0.1, 0.15) is 19.4 Å². The minimum absolute atomic E-state index is 0.205. The van der Waals surface area contributed by atoms with Crippen LogP contribution in [0.4, 0.5) is 10.5 Å². The Morgan fingerprint density at radius 3 is 2.59 bits per heavy atom. The van der Waals surface area contributed by atoms with Gasteiger partial charge in [0.25, 0.3) is 0 Å². The smallest absolute Gasteiger partial charge is 0.402 e. The lowest BCUT2D eigenvalue weighted by Crippen LogP contribution is -2.27. The van der Waals surface area contributed by atoms with Crippen molar-refractivity contribution in [3.05, 3.63) is 29.8 Å². The number of hydrogen-bond donors (Lipinski definition) is 3. The number of primary amides is 1. The minimum Gasteiger partial charge on any atom is -0.483 e. The summed E-state index contributed by atoms with van der Waals surface area (Å²) in [5.74, 6) is 0.904. The fourth-order valence-corrected chi connectivity index (χ4v) is 1.40. The summed E-state index contributed by atoms with van der Waals surface area (Å²) in [4.78, 5) is 8.78. The van der Waals surface area contributed by atoms with Crippen molar-refractivity contribution in [1.82, 2.24) is 0 Å². The van der Waals surface area contributed by atoms with E-state index in [0.717, 1.165) is 17.0 Å². The number of benzene rings is 1. The molecule has 1 aliphatic rings. The van der Waals surface area contributed by atoms with E-state index in [1.54, 1.807) is 0 Å². The molecule has 0 bridgehead atoms. The van der Waals surface area contributed by atoms with Crippen molar-refractivity contribution in [3.8, 4) is 5.75 Å². The van der Waals surface area contributed by atoms with E-state index in [2.05, 4.69) is 11.8 Å². The molecule has 0 saturated heterocycles. The second kappa shape index (κ2) is 4.78. The number of nitrogens with two attached hydrogens (primary N) is 2. The molecule has 0 spiro atoms. The van der Waals surface area contributed by atoms with Crippen molar-refractivity contribution < 1.29 is 14.6 Å². The number of carboxylic acid groups (broad SMARTS) is 1. The Hall–Kier alpha value is -2.17. The Labute approximate surface area is 99.7 Å². The quantitative estimate of drug-likeness (QED) is 0.600. The zero-order valence-corrected chi connectivity index (χ0v) is 9.81. The van der Waals surface area contributed by atoms with Gasteiger partial charge in [-0.05, 0) is 38.1 Å². The van der Waals surface area contributed by atoms with E-state index in [1.165, 1.54) is 0 Å². The molecule has 5 nitrogen and oxygen atoms in total. The molecule has 0 aliphatic carbocycles. The summed E-state index contributed by atoms with van der Waals surface area (Å²) in [6.45, 7) is 4.06. The van der Waals surface area contributed by atoms with E-state index in [0.29, 0.717) is 0 Å². The van der Waals surface area contributed by atoms with Crippen LogP contribution in [0.3, 0.4) is 0 Å². The number of ether oxygens (including phenoxy) is 1. The molecule has 0 radical (unpaired) electrons. The van der Waals surface area contributed by atoms with E-state index < -0.39 is 6.09 Å². The first-order chi connectivity index (χ1) is 7.80. The van der Waals surface area contributed by atoms with Crippen molar-refractivity contribution in [1.29, 1.82) is 0 Å². The largest absolute Gasteiger partial charge is 0.483 e. The van der Waals surface area contributed by atoms with Crippen molar-refractivity contribution in [2.45, 2.75) is 19.4 Å². The summed E-state index contributed by atoms with van der Waals surface area (Å²) in [6.07, 6.45) is 2.75. The van der Waals surface area contributed by atoms with Gasteiger partial charge < -0.3 is 21.3 Å². The van der Waals surface area contributed by atoms with Crippen molar-refractivity contribution in [2.24, 2.45) is 5.73 Å². The lowest BCUT2D eigenvalue weighted by molar-refractivity contribution is 0.159. The summed E-state index contributed by atoms with van der Waals surface area (Å²) < 4.78 is 5.73. The van der Waals surface area contributed by atoms with Crippen LogP contribution in [0, 0.1) is 0 Å². The highest BCUT2D eigenvalue weighted by Gasteiger charge is 2.20. The Balaban J connectivity index is 0.000000317. The van der Waals surface area contributed by atoms with E-state index >= 15 is 0 Å². The first-order valence-electron chi connectivity index (χ1n) is 5.06. The molecule has 1 aromatic carbocycles. The number of hydrogen-bond acceptors (Lipinski definition) is 3. The topological polar surface area (TPSA) is 98.6 Å². The number of rotatable bonds is 0. The molecule has 0 saturated carbocycles. The zero-order valence-electron chi connectivity index (χ0n) is 9.81. The van der Waals surface area contributed by atoms with Gasteiger partial charge in [0, 0.05) is 11.3 Å². The summed E-state index contributed by atoms with van der Waals surface area (Å²) in [7, 11) is 0. The number of fused-ring (bicyclic) bond motifs is 1. The van der Waals surface area contributed by atoms with Gasteiger partial charge in [0.2, 0.25) is 0 Å². The van der Waals surface area contributed by atoms with Gasteiger partial charge in [0.1, 0.15) is 11.4 Å². The van der Waals surface area contributed by atoms with Crippen LogP contribution >= 0.6 is 0 Å². The molecule has 2 rings (SSSR count). The molecule has 5 heteroatoms. The summed E-state index contributed by atoms with van der Waals surface area (Å²) in [6, 6.07) is 5.69. The maximum Gasteiger partial charge on any atom is 0.402 e. The summed E-state index contributed by atoms with van der Waals surface area (Å²) in [5.41, 5.74) is 11.3. The molecule has 1 heterocycles. The van der Waals surface area contributed by atoms with Gasteiger partial charge in [-0.3, -0.25) is 0 Å². The number of nitrogen functional groups attached to an aromatic ring is 1. The van der Waals surface area contributed by atoms with Gasteiger partial charge in [-0.2, -0.15) is 0 Å². The molecule has 0 aromatic heterocycles. The zero-order chi connectivity index (χ0) is 13.1. The van der Waals surface area contributed by atoms with Crippen LogP contribution in [-0.2, 0) is 0 Å². The summed E-state index contributed by atoms with van der Waals surface area (Å²) >= 11 is 0. The highest BCUT2D eigenvalue weighted by atomic mass is 16.5. The van der Waals surface area contributed by atoms with E-state index in [9.17, 15) is 0 Å². The molecule has 17 heavy (non-hydrogen) atoms. The van der Waals surface area contributed by atoms with Crippen LogP contribution in [0.15, 0.2) is 24.3 Å². The molecule has 92 valence electrons. The number of amides is 1. The average molecular weight is 236 g/mol. The number of anilines is 1. The average Bonchev–Trinajstić information content (AvgIpc) is 2.17. The van der Waals surface area contributed by atoms with Gasteiger partial charge in [0.05, 0.1) is 0 Å². The van der Waals surface area contributed by atoms with E-state index in [-0.39, 0.29) is 5.60 Å². The second-order valence-corrected chi connectivity index (χ2v) is 4.17. The molecule has 0 fully saturated rings. The van der Waals surface area contributed by atoms with Gasteiger partial charge in [-0.1, -0.05) is 6.08 Å². The monoisotopic (exact) mass is 236 g/mol. The van der Waals surface area contributed by atoms with Crippen LogP contribution < -0.4 is 16.2 Å². The molecular weight excluding hydrogens is 220 g/mol. The Kier molecular flexibility index (Phi) is 3.62. The Morgan fingerprint density at radius 1 is 1.41 bits per heavy atom. The summed E-state index contributed by atoms with van der Waals surface area (Å²) in [5, 5.41) is 7.19. The van der Waals surface area contributed by atoms with Crippen LogP contribution in [-0.4, -0.2) is 16.8 Å². The third-order valence-corrected chi connectivity index (χ3v) is 2.07.